The Morgan fingerprint density at radius 3 is 2.64 bits per heavy atom. The first-order valence-corrected chi connectivity index (χ1v) is 6.96. The molecule has 0 saturated carbocycles. The normalized spacial score (nSPS) is 17.6. The van der Waals surface area contributed by atoms with E-state index in [9.17, 15) is 14.7 Å². The summed E-state index contributed by atoms with van der Waals surface area (Å²) in [6.07, 6.45) is 2.39. The van der Waals surface area contributed by atoms with Crippen LogP contribution >= 0.6 is 0 Å². The van der Waals surface area contributed by atoms with Crippen LogP contribution in [0.25, 0.3) is 5.69 Å². The van der Waals surface area contributed by atoms with Crippen LogP contribution in [-0.4, -0.2) is 49.4 Å². The maximum Gasteiger partial charge on any atom is 0.326 e. The predicted octanol–water partition coefficient (Wildman–Crippen LogP) is 1.27. The quantitative estimate of drug-likeness (QED) is 0.890. The van der Waals surface area contributed by atoms with Crippen LogP contribution in [-0.2, 0) is 4.79 Å². The molecule has 2 heterocycles. The molecule has 7 nitrogen and oxygen atoms in total. The molecule has 0 bridgehead atoms. The van der Waals surface area contributed by atoms with E-state index >= 15 is 0 Å². The molecule has 1 saturated heterocycles. The Morgan fingerprint density at radius 1 is 1.23 bits per heavy atom. The van der Waals surface area contributed by atoms with Crippen molar-refractivity contribution in [1.29, 1.82) is 0 Å². The van der Waals surface area contributed by atoms with Crippen LogP contribution in [0.2, 0.25) is 0 Å². The molecule has 1 amide bonds. The van der Waals surface area contributed by atoms with Crippen LogP contribution in [0.4, 0.5) is 0 Å². The van der Waals surface area contributed by atoms with Gasteiger partial charge in [-0.2, -0.15) is 5.10 Å². The Labute approximate surface area is 126 Å². The second-order valence-electron chi connectivity index (χ2n) is 5.14. The molecule has 0 spiro atoms. The first-order valence-electron chi connectivity index (χ1n) is 6.96. The van der Waals surface area contributed by atoms with Gasteiger partial charge in [0.2, 0.25) is 0 Å². The van der Waals surface area contributed by atoms with Crippen molar-refractivity contribution in [3.05, 3.63) is 42.2 Å². The molecule has 1 aliphatic rings. The number of aliphatic carboxylic acids is 1. The lowest BCUT2D eigenvalue weighted by Crippen LogP contribution is -2.40. The lowest BCUT2D eigenvalue weighted by molar-refractivity contribution is -0.141. The highest BCUT2D eigenvalue weighted by molar-refractivity contribution is 5.97. The highest BCUT2D eigenvalue weighted by Crippen LogP contribution is 2.24. The molecule has 22 heavy (non-hydrogen) atoms. The highest BCUT2D eigenvalue weighted by Gasteiger charge is 2.36. The zero-order chi connectivity index (χ0) is 15.7. The summed E-state index contributed by atoms with van der Waals surface area (Å²) in [7, 11) is 0. The summed E-state index contributed by atoms with van der Waals surface area (Å²) in [4.78, 5) is 24.9. The molecule has 2 N–H and O–H groups in total. The number of carboxylic acids is 1. The number of carbonyl (C=O) groups excluding carboxylic acids is 1. The van der Waals surface area contributed by atoms with E-state index in [0.717, 1.165) is 0 Å². The van der Waals surface area contributed by atoms with Gasteiger partial charge in [0.15, 0.2) is 11.4 Å². The fourth-order valence-corrected chi connectivity index (χ4v) is 2.63. The van der Waals surface area contributed by atoms with Crippen molar-refractivity contribution in [2.45, 2.75) is 18.9 Å². The number of rotatable bonds is 3. The molecule has 2 aromatic rings. The van der Waals surface area contributed by atoms with E-state index in [-0.39, 0.29) is 11.4 Å². The van der Waals surface area contributed by atoms with Crippen LogP contribution in [0.15, 0.2) is 36.5 Å². The third-order valence-electron chi connectivity index (χ3n) is 3.72. The number of amides is 1. The number of likely N-dealkylation sites (tertiary alicyclic amines) is 1. The van der Waals surface area contributed by atoms with Gasteiger partial charge in [0.1, 0.15) is 6.04 Å². The molecule has 1 aliphatic heterocycles. The number of hydrogen-bond acceptors (Lipinski definition) is 4. The maximum atomic E-state index is 12.5. The fourth-order valence-electron chi connectivity index (χ4n) is 2.63. The summed E-state index contributed by atoms with van der Waals surface area (Å²) < 4.78 is 1.40. The van der Waals surface area contributed by atoms with Gasteiger partial charge in [0, 0.05) is 6.54 Å². The van der Waals surface area contributed by atoms with Crippen molar-refractivity contribution in [2.75, 3.05) is 6.54 Å². The Bertz CT molecular complexity index is 711. The zero-order valence-electron chi connectivity index (χ0n) is 11.7. The minimum atomic E-state index is -1.03. The number of aromatic nitrogens is 2. The molecule has 1 aromatic carbocycles. The number of para-hydroxylation sites is 1. The number of carboxylic acid groups (broad SMARTS) is 1. The number of hydrogen-bond donors (Lipinski definition) is 2. The Morgan fingerprint density at radius 2 is 1.95 bits per heavy atom. The molecule has 1 unspecified atom stereocenters. The Hall–Kier alpha value is -2.83. The number of carbonyl (C=O) groups is 2. The largest absolute Gasteiger partial charge is 0.504 e. The summed E-state index contributed by atoms with van der Waals surface area (Å²) in [5.74, 6) is -1.85. The van der Waals surface area contributed by atoms with Gasteiger partial charge < -0.3 is 15.1 Å². The topological polar surface area (TPSA) is 95.7 Å². The molecule has 0 radical (unpaired) electrons. The fraction of sp³-hybridized carbons (Fsp3) is 0.267. The van der Waals surface area contributed by atoms with E-state index in [2.05, 4.69) is 5.10 Å². The smallest absolute Gasteiger partial charge is 0.326 e. The average molecular weight is 301 g/mol. The summed E-state index contributed by atoms with van der Waals surface area (Å²) in [5.41, 5.74) is 0.574. The van der Waals surface area contributed by atoms with Crippen molar-refractivity contribution < 1.29 is 19.8 Å². The van der Waals surface area contributed by atoms with Crippen molar-refractivity contribution in [3.63, 3.8) is 0 Å². The maximum absolute atomic E-state index is 12.5. The lowest BCUT2D eigenvalue weighted by Gasteiger charge is -2.20. The van der Waals surface area contributed by atoms with Crippen molar-refractivity contribution in [3.8, 4) is 11.4 Å². The molecule has 1 aromatic heterocycles. The van der Waals surface area contributed by atoms with Gasteiger partial charge in [0.25, 0.3) is 5.91 Å². The van der Waals surface area contributed by atoms with E-state index in [1.807, 2.05) is 18.2 Å². The SMILES string of the molecule is O=C(O)C1CCCN1C(=O)c1nn(-c2ccccc2)cc1O. The Kier molecular flexibility index (Phi) is 3.54. The second-order valence-corrected chi connectivity index (χ2v) is 5.14. The number of nitrogens with zero attached hydrogens (tertiary/aromatic N) is 3. The molecule has 1 fully saturated rings. The van der Waals surface area contributed by atoms with Gasteiger partial charge in [-0.05, 0) is 25.0 Å². The molecular formula is C15H15N3O4. The molecule has 7 heteroatoms. The van der Waals surface area contributed by atoms with E-state index in [1.54, 1.807) is 12.1 Å². The molecule has 3 rings (SSSR count). The highest BCUT2D eigenvalue weighted by atomic mass is 16.4. The van der Waals surface area contributed by atoms with E-state index in [1.165, 1.54) is 15.8 Å². The monoisotopic (exact) mass is 301 g/mol. The van der Waals surface area contributed by atoms with Crippen LogP contribution in [0, 0.1) is 0 Å². The van der Waals surface area contributed by atoms with Crippen LogP contribution in [0.1, 0.15) is 23.3 Å². The first-order chi connectivity index (χ1) is 10.6. The number of aromatic hydroxyl groups is 1. The third-order valence-corrected chi connectivity index (χ3v) is 3.72. The van der Waals surface area contributed by atoms with E-state index in [0.29, 0.717) is 25.1 Å². The first kappa shape index (κ1) is 14.1. The van der Waals surface area contributed by atoms with Gasteiger partial charge in [-0.25, -0.2) is 9.48 Å². The zero-order valence-corrected chi connectivity index (χ0v) is 11.7. The van der Waals surface area contributed by atoms with Gasteiger partial charge in [-0.3, -0.25) is 4.79 Å². The van der Waals surface area contributed by atoms with Crippen LogP contribution in [0.5, 0.6) is 5.75 Å². The molecule has 0 aliphatic carbocycles. The lowest BCUT2D eigenvalue weighted by atomic mass is 10.2. The van der Waals surface area contributed by atoms with Gasteiger partial charge in [0.05, 0.1) is 11.9 Å². The van der Waals surface area contributed by atoms with Crippen molar-refractivity contribution in [2.24, 2.45) is 0 Å². The summed E-state index contributed by atoms with van der Waals surface area (Å²) in [6.45, 7) is 0.355. The third kappa shape index (κ3) is 2.41. The van der Waals surface area contributed by atoms with Crippen LogP contribution < -0.4 is 0 Å². The van der Waals surface area contributed by atoms with Crippen molar-refractivity contribution in [1.82, 2.24) is 14.7 Å². The predicted molar refractivity (Wildman–Crippen MR) is 76.9 cm³/mol. The summed E-state index contributed by atoms with van der Waals surface area (Å²) in [6, 6.07) is 8.20. The van der Waals surface area contributed by atoms with Gasteiger partial charge >= 0.3 is 5.97 Å². The minimum Gasteiger partial charge on any atom is -0.504 e. The minimum absolute atomic E-state index is 0.128. The summed E-state index contributed by atoms with van der Waals surface area (Å²) in [5, 5.41) is 23.2. The van der Waals surface area contributed by atoms with Crippen molar-refractivity contribution >= 4 is 11.9 Å². The number of benzene rings is 1. The summed E-state index contributed by atoms with van der Waals surface area (Å²) >= 11 is 0. The Balaban J connectivity index is 1.91. The average Bonchev–Trinajstić information content (AvgIpc) is 3.14. The second kappa shape index (κ2) is 5.51. The molecule has 1 atom stereocenters. The standard InChI is InChI=1S/C15H15N3O4/c19-12-9-18(10-5-2-1-3-6-10)16-13(12)14(20)17-8-4-7-11(17)15(21)22/h1-3,5-6,9,11,19H,4,7-8H2,(H,21,22). The van der Waals surface area contributed by atoms with Gasteiger partial charge in [-0.15, -0.1) is 0 Å². The van der Waals surface area contributed by atoms with E-state index in [4.69, 9.17) is 5.11 Å². The van der Waals surface area contributed by atoms with E-state index < -0.39 is 17.9 Å². The van der Waals surface area contributed by atoms with Crippen LogP contribution in [0.3, 0.4) is 0 Å². The van der Waals surface area contributed by atoms with Gasteiger partial charge in [-0.1, -0.05) is 18.2 Å². The molecule has 114 valence electrons. The molecular weight excluding hydrogens is 286 g/mol.